The highest BCUT2D eigenvalue weighted by atomic mass is 16.5. The summed E-state index contributed by atoms with van der Waals surface area (Å²) in [5, 5.41) is 29.6. The molecule has 0 radical (unpaired) electrons. The summed E-state index contributed by atoms with van der Waals surface area (Å²) in [5.41, 5.74) is 2.90. The number of carboxylic acid groups (broad SMARTS) is 1. The average molecular weight is 398 g/mol. The van der Waals surface area contributed by atoms with E-state index in [1.54, 1.807) is 18.2 Å². The summed E-state index contributed by atoms with van der Waals surface area (Å²) in [6.45, 7) is 3.95. The summed E-state index contributed by atoms with van der Waals surface area (Å²) in [5.74, 6) is -3.88. The van der Waals surface area contributed by atoms with Gasteiger partial charge in [0.15, 0.2) is 0 Å². The van der Waals surface area contributed by atoms with Gasteiger partial charge in [0.25, 0.3) is 0 Å². The third-order valence-electron chi connectivity index (χ3n) is 4.76. The zero-order valence-corrected chi connectivity index (χ0v) is 16.8. The molecule has 0 aliphatic rings. The molecule has 0 saturated carbocycles. The van der Waals surface area contributed by atoms with Crippen LogP contribution in [0.5, 0.6) is 11.5 Å². The number of ether oxygens (including phenoxy) is 1. The van der Waals surface area contributed by atoms with E-state index in [0.29, 0.717) is 17.5 Å². The van der Waals surface area contributed by atoms with Gasteiger partial charge in [-0.25, -0.2) is 0 Å². The van der Waals surface area contributed by atoms with E-state index >= 15 is 0 Å². The van der Waals surface area contributed by atoms with Gasteiger partial charge in [-0.2, -0.15) is 0 Å². The van der Waals surface area contributed by atoms with Crippen LogP contribution in [0.1, 0.15) is 36.5 Å². The van der Waals surface area contributed by atoms with Crippen LogP contribution in [0.3, 0.4) is 0 Å². The van der Waals surface area contributed by atoms with Gasteiger partial charge in [-0.05, 0) is 61.6 Å². The van der Waals surface area contributed by atoms with Crippen molar-refractivity contribution in [2.75, 3.05) is 7.11 Å². The molecule has 0 amide bonds. The molecule has 3 N–H and O–H groups in total. The summed E-state index contributed by atoms with van der Waals surface area (Å²) in [4.78, 5) is 24.4. The maximum absolute atomic E-state index is 12.4. The van der Waals surface area contributed by atoms with E-state index in [-0.39, 0.29) is 17.9 Å². The van der Waals surface area contributed by atoms with E-state index in [1.165, 1.54) is 31.4 Å². The van der Waals surface area contributed by atoms with Gasteiger partial charge >= 0.3 is 11.9 Å². The molecule has 154 valence electrons. The highest BCUT2D eigenvalue weighted by Crippen LogP contribution is 2.32. The van der Waals surface area contributed by atoms with Gasteiger partial charge in [0.1, 0.15) is 11.5 Å². The Labute approximate surface area is 170 Å². The molecule has 0 aliphatic heterocycles. The average Bonchev–Trinajstić information content (AvgIpc) is 2.67. The quantitative estimate of drug-likeness (QED) is 0.461. The molecule has 6 heteroatoms. The molecule has 0 unspecified atom stereocenters. The Morgan fingerprint density at radius 2 is 1.72 bits per heavy atom. The summed E-state index contributed by atoms with van der Waals surface area (Å²) < 4.78 is 4.86. The molecule has 2 aromatic rings. The number of carbonyl (C=O) groups is 2. The number of allylic oxidation sites excluding steroid dienone is 2. The topological polar surface area (TPSA) is 104 Å². The number of hydrogen-bond donors (Lipinski definition) is 3. The van der Waals surface area contributed by atoms with Crippen molar-refractivity contribution < 1.29 is 29.6 Å². The Morgan fingerprint density at radius 3 is 2.24 bits per heavy atom. The van der Waals surface area contributed by atoms with Crippen LogP contribution in [0.2, 0.25) is 0 Å². The molecule has 2 rings (SSSR count). The molecule has 2 aromatic carbocycles. The molecule has 0 saturated heterocycles. The molecule has 2 atom stereocenters. The predicted molar refractivity (Wildman–Crippen MR) is 109 cm³/mol. The fraction of sp³-hybridized carbons (Fsp3) is 0.304. The number of esters is 1. The lowest BCUT2D eigenvalue weighted by Crippen LogP contribution is -2.31. The number of aromatic hydroxyl groups is 2. The molecule has 0 spiro atoms. The van der Waals surface area contributed by atoms with E-state index in [1.807, 2.05) is 19.9 Å². The van der Waals surface area contributed by atoms with Crippen LogP contribution >= 0.6 is 0 Å². The lowest BCUT2D eigenvalue weighted by Gasteiger charge is -2.23. The summed E-state index contributed by atoms with van der Waals surface area (Å²) >= 11 is 0. The highest BCUT2D eigenvalue weighted by molar-refractivity contribution is 5.85. The van der Waals surface area contributed by atoms with Crippen molar-refractivity contribution in [2.45, 2.75) is 32.6 Å². The SMILES string of the molecule is COC(=O)[C@@H](Cc1ccc(CC=C(C)C)c(O)c1)[C@H](C(=O)O)c1ccc(O)cc1. The van der Waals surface area contributed by atoms with E-state index in [9.17, 15) is 24.9 Å². The first-order valence-electron chi connectivity index (χ1n) is 9.26. The number of hydrogen-bond acceptors (Lipinski definition) is 5. The number of benzene rings is 2. The number of rotatable bonds is 8. The minimum atomic E-state index is -1.17. The van der Waals surface area contributed by atoms with Gasteiger partial charge in [-0.3, -0.25) is 9.59 Å². The first kappa shape index (κ1) is 22.0. The monoisotopic (exact) mass is 398 g/mol. The molecule has 6 nitrogen and oxygen atoms in total. The second-order valence-electron chi connectivity index (χ2n) is 7.19. The van der Waals surface area contributed by atoms with Crippen LogP contribution in [-0.2, 0) is 27.2 Å². The predicted octanol–water partition coefficient (Wildman–Crippen LogP) is 3.81. The first-order valence-corrected chi connectivity index (χ1v) is 9.26. The Kier molecular flexibility index (Phi) is 7.42. The maximum atomic E-state index is 12.4. The van der Waals surface area contributed by atoms with Gasteiger partial charge in [-0.15, -0.1) is 0 Å². The lowest BCUT2D eigenvalue weighted by atomic mass is 9.82. The van der Waals surface area contributed by atoms with Crippen LogP contribution in [0.15, 0.2) is 54.1 Å². The van der Waals surface area contributed by atoms with Gasteiger partial charge in [0.2, 0.25) is 0 Å². The van der Waals surface area contributed by atoms with Gasteiger partial charge in [0.05, 0.1) is 18.9 Å². The van der Waals surface area contributed by atoms with Gasteiger partial charge < -0.3 is 20.1 Å². The smallest absolute Gasteiger partial charge is 0.311 e. The number of phenols is 2. The molecular formula is C23H26O6. The first-order chi connectivity index (χ1) is 13.7. The Morgan fingerprint density at radius 1 is 1.07 bits per heavy atom. The summed E-state index contributed by atoms with van der Waals surface area (Å²) in [6, 6.07) is 10.8. The fourth-order valence-corrected chi connectivity index (χ4v) is 3.19. The van der Waals surface area contributed by atoms with Crippen LogP contribution < -0.4 is 0 Å². The lowest BCUT2D eigenvalue weighted by molar-refractivity contribution is -0.152. The number of carbonyl (C=O) groups excluding carboxylic acids is 1. The normalized spacial score (nSPS) is 12.7. The van der Waals surface area contributed by atoms with Crippen molar-refractivity contribution in [1.82, 2.24) is 0 Å². The zero-order chi connectivity index (χ0) is 21.6. The molecule has 0 heterocycles. The summed E-state index contributed by atoms with van der Waals surface area (Å²) in [7, 11) is 1.21. The molecule has 0 fully saturated rings. The molecule has 29 heavy (non-hydrogen) atoms. The molecular weight excluding hydrogens is 372 g/mol. The molecule has 0 aromatic heterocycles. The largest absolute Gasteiger partial charge is 0.508 e. The van der Waals surface area contributed by atoms with Crippen molar-refractivity contribution in [3.05, 3.63) is 70.8 Å². The Balaban J connectivity index is 2.36. The minimum Gasteiger partial charge on any atom is -0.508 e. The third-order valence-corrected chi connectivity index (χ3v) is 4.76. The Bertz CT molecular complexity index is 894. The van der Waals surface area contributed by atoms with E-state index < -0.39 is 23.8 Å². The second kappa shape index (κ2) is 9.78. The van der Waals surface area contributed by atoms with Crippen LogP contribution in [0, 0.1) is 5.92 Å². The van der Waals surface area contributed by atoms with Crippen molar-refractivity contribution in [3.63, 3.8) is 0 Å². The van der Waals surface area contributed by atoms with Crippen molar-refractivity contribution in [3.8, 4) is 11.5 Å². The van der Waals surface area contributed by atoms with E-state index in [0.717, 1.165) is 11.1 Å². The third kappa shape index (κ3) is 5.85. The van der Waals surface area contributed by atoms with Gasteiger partial charge in [0, 0.05) is 0 Å². The summed E-state index contributed by atoms with van der Waals surface area (Å²) in [6.07, 6.45) is 2.67. The number of carboxylic acids is 1. The van der Waals surface area contributed by atoms with Crippen LogP contribution in [0.4, 0.5) is 0 Å². The van der Waals surface area contributed by atoms with Crippen LogP contribution in [0.25, 0.3) is 0 Å². The van der Waals surface area contributed by atoms with Crippen molar-refractivity contribution in [1.29, 1.82) is 0 Å². The second-order valence-corrected chi connectivity index (χ2v) is 7.19. The maximum Gasteiger partial charge on any atom is 0.311 e. The van der Waals surface area contributed by atoms with E-state index in [4.69, 9.17) is 4.74 Å². The minimum absolute atomic E-state index is 0.00406. The Hall–Kier alpha value is -3.28. The number of methoxy groups -OCH3 is 1. The highest BCUT2D eigenvalue weighted by Gasteiger charge is 2.36. The fourth-order valence-electron chi connectivity index (χ4n) is 3.19. The van der Waals surface area contributed by atoms with Crippen LogP contribution in [-0.4, -0.2) is 34.4 Å². The van der Waals surface area contributed by atoms with Crippen molar-refractivity contribution >= 4 is 11.9 Å². The van der Waals surface area contributed by atoms with Crippen molar-refractivity contribution in [2.24, 2.45) is 5.92 Å². The molecule has 0 aliphatic carbocycles. The number of aliphatic carboxylic acids is 1. The van der Waals surface area contributed by atoms with E-state index in [2.05, 4.69) is 0 Å². The zero-order valence-electron chi connectivity index (χ0n) is 16.8. The number of phenolic OH excluding ortho intramolecular Hbond substituents is 2. The molecule has 0 bridgehead atoms. The van der Waals surface area contributed by atoms with Gasteiger partial charge in [-0.1, -0.05) is 35.9 Å². The standard InChI is InChI=1S/C23H26O6/c1-14(2)4-6-16-7-5-15(13-20(16)25)12-19(23(28)29-3)21(22(26)27)17-8-10-18(24)11-9-17/h4-5,7-11,13,19,21,24-25H,6,12H2,1-3H3,(H,26,27)/t19-,21+/m0/s1.